The molecular formula is C27H28ClN5O2. The largest absolute Gasteiger partial charge is 0.335 e. The third-order valence-corrected chi connectivity index (χ3v) is 6.72. The number of nitrogens with zero attached hydrogens (tertiary/aromatic N) is 5. The Kier molecular flexibility index (Phi) is 6.97. The highest BCUT2D eigenvalue weighted by atomic mass is 35.5. The molecule has 3 aromatic rings. The molecule has 5 rings (SSSR count). The summed E-state index contributed by atoms with van der Waals surface area (Å²) in [5.41, 5.74) is 2.97. The first-order valence-electron chi connectivity index (χ1n) is 11.9. The Bertz CT molecular complexity index is 1230. The van der Waals surface area contributed by atoms with Crippen molar-refractivity contribution in [3.8, 4) is 0 Å². The number of hydrogen-bond acceptors (Lipinski definition) is 4. The van der Waals surface area contributed by atoms with Gasteiger partial charge in [0.1, 0.15) is 5.69 Å². The highest BCUT2D eigenvalue weighted by molar-refractivity contribution is 6.30. The van der Waals surface area contributed by atoms with E-state index in [0.717, 1.165) is 25.2 Å². The SMILES string of the molecule is O=C(c1cc2n(n1)CCN(Cc1cccc(Cl)c1)C2=O)N1CCN(CC=Cc2ccccc2)CC1. The number of piperazine rings is 1. The molecule has 1 aromatic heterocycles. The predicted molar refractivity (Wildman–Crippen MR) is 136 cm³/mol. The predicted octanol–water partition coefficient (Wildman–Crippen LogP) is 3.66. The molecule has 0 bridgehead atoms. The average molecular weight is 490 g/mol. The van der Waals surface area contributed by atoms with Crippen LogP contribution in [0.5, 0.6) is 0 Å². The van der Waals surface area contributed by atoms with E-state index in [9.17, 15) is 9.59 Å². The molecule has 180 valence electrons. The monoisotopic (exact) mass is 489 g/mol. The van der Waals surface area contributed by atoms with E-state index in [1.54, 1.807) is 15.6 Å². The molecule has 0 spiro atoms. The van der Waals surface area contributed by atoms with Crippen LogP contribution in [0.4, 0.5) is 0 Å². The molecule has 35 heavy (non-hydrogen) atoms. The fraction of sp³-hybridized carbons (Fsp3) is 0.296. The Balaban J connectivity index is 1.17. The molecule has 0 saturated carbocycles. The molecule has 0 unspecified atom stereocenters. The maximum atomic E-state index is 13.1. The van der Waals surface area contributed by atoms with Crippen molar-refractivity contribution < 1.29 is 9.59 Å². The van der Waals surface area contributed by atoms with E-state index in [4.69, 9.17) is 11.6 Å². The average Bonchev–Trinajstić information content (AvgIpc) is 3.32. The van der Waals surface area contributed by atoms with Gasteiger partial charge in [0.25, 0.3) is 11.8 Å². The van der Waals surface area contributed by atoms with E-state index in [2.05, 4.69) is 34.3 Å². The summed E-state index contributed by atoms with van der Waals surface area (Å²) in [4.78, 5) is 32.1. The van der Waals surface area contributed by atoms with E-state index in [1.165, 1.54) is 5.56 Å². The molecule has 7 nitrogen and oxygen atoms in total. The minimum atomic E-state index is -0.113. The summed E-state index contributed by atoms with van der Waals surface area (Å²) in [5.74, 6) is -0.224. The Morgan fingerprint density at radius 1 is 0.943 bits per heavy atom. The van der Waals surface area contributed by atoms with Gasteiger partial charge in [-0.05, 0) is 23.3 Å². The van der Waals surface area contributed by atoms with Crippen LogP contribution in [0.15, 0.2) is 66.7 Å². The van der Waals surface area contributed by atoms with Crippen LogP contribution in [0.2, 0.25) is 5.02 Å². The normalized spacial score (nSPS) is 16.7. The minimum absolute atomic E-state index is 0.111. The van der Waals surface area contributed by atoms with Crippen molar-refractivity contribution in [3.63, 3.8) is 0 Å². The molecule has 0 atom stereocenters. The number of amides is 2. The van der Waals surface area contributed by atoms with E-state index in [1.807, 2.05) is 47.4 Å². The number of carbonyl (C=O) groups excluding carboxylic acids is 2. The summed E-state index contributed by atoms with van der Waals surface area (Å²) < 4.78 is 1.66. The van der Waals surface area contributed by atoms with Crippen molar-refractivity contribution in [2.24, 2.45) is 0 Å². The first kappa shape index (κ1) is 23.3. The van der Waals surface area contributed by atoms with Crippen LogP contribution in [-0.4, -0.2) is 75.6 Å². The first-order valence-corrected chi connectivity index (χ1v) is 12.3. The second-order valence-corrected chi connectivity index (χ2v) is 9.34. The molecule has 0 aliphatic carbocycles. The molecule has 0 N–H and O–H groups in total. The summed E-state index contributed by atoms with van der Waals surface area (Å²) in [6.45, 7) is 5.36. The fourth-order valence-corrected chi connectivity index (χ4v) is 4.76. The van der Waals surface area contributed by atoms with Crippen molar-refractivity contribution in [1.82, 2.24) is 24.5 Å². The first-order chi connectivity index (χ1) is 17.1. The van der Waals surface area contributed by atoms with Gasteiger partial charge in [-0.1, -0.05) is 66.2 Å². The van der Waals surface area contributed by atoms with Crippen LogP contribution >= 0.6 is 11.6 Å². The molecule has 1 fully saturated rings. The second kappa shape index (κ2) is 10.5. The molecular weight excluding hydrogens is 462 g/mol. The van der Waals surface area contributed by atoms with Gasteiger partial charge in [-0.3, -0.25) is 19.2 Å². The third-order valence-electron chi connectivity index (χ3n) is 6.48. The van der Waals surface area contributed by atoms with Gasteiger partial charge in [0, 0.05) is 56.9 Å². The van der Waals surface area contributed by atoms with Gasteiger partial charge in [0.2, 0.25) is 0 Å². The van der Waals surface area contributed by atoms with Crippen LogP contribution in [0.3, 0.4) is 0 Å². The Labute approximate surface area is 210 Å². The van der Waals surface area contributed by atoms with Crippen molar-refractivity contribution in [1.29, 1.82) is 0 Å². The molecule has 2 amide bonds. The van der Waals surface area contributed by atoms with Crippen LogP contribution in [-0.2, 0) is 13.1 Å². The quantitative estimate of drug-likeness (QED) is 0.530. The van der Waals surface area contributed by atoms with Crippen molar-refractivity contribution in [2.75, 3.05) is 39.3 Å². The summed E-state index contributed by atoms with van der Waals surface area (Å²) in [6.07, 6.45) is 4.29. The summed E-state index contributed by atoms with van der Waals surface area (Å²) >= 11 is 6.09. The third kappa shape index (κ3) is 5.47. The topological polar surface area (TPSA) is 61.7 Å². The van der Waals surface area contributed by atoms with Crippen LogP contribution < -0.4 is 0 Å². The summed E-state index contributed by atoms with van der Waals surface area (Å²) in [5, 5.41) is 5.12. The standard InChI is InChI=1S/C27H28ClN5O2/c28-23-10-4-8-22(18-23)20-32-16-17-33-25(27(32)35)19-24(29-33)26(34)31-14-12-30(13-15-31)11-5-9-21-6-2-1-3-7-21/h1-10,18-19H,11-17,20H2. The number of rotatable bonds is 6. The molecule has 8 heteroatoms. The van der Waals surface area contributed by atoms with Gasteiger partial charge in [-0.2, -0.15) is 5.10 Å². The van der Waals surface area contributed by atoms with Gasteiger partial charge in [-0.15, -0.1) is 0 Å². The fourth-order valence-electron chi connectivity index (χ4n) is 4.55. The number of fused-ring (bicyclic) bond motifs is 1. The van der Waals surface area contributed by atoms with Crippen molar-refractivity contribution >= 4 is 29.5 Å². The van der Waals surface area contributed by atoms with Gasteiger partial charge in [0.15, 0.2) is 5.69 Å². The maximum absolute atomic E-state index is 13.1. The van der Waals surface area contributed by atoms with E-state index in [-0.39, 0.29) is 11.8 Å². The van der Waals surface area contributed by atoms with Crippen LogP contribution in [0, 0.1) is 0 Å². The molecule has 2 aliphatic rings. The zero-order valence-corrected chi connectivity index (χ0v) is 20.3. The second-order valence-electron chi connectivity index (χ2n) is 8.90. The lowest BCUT2D eigenvalue weighted by Crippen LogP contribution is -2.48. The van der Waals surface area contributed by atoms with Crippen molar-refractivity contribution in [2.45, 2.75) is 13.1 Å². The maximum Gasteiger partial charge on any atom is 0.274 e. The lowest BCUT2D eigenvalue weighted by Gasteiger charge is -2.33. The number of hydrogen-bond donors (Lipinski definition) is 0. The number of halogens is 1. The lowest BCUT2D eigenvalue weighted by molar-refractivity contribution is 0.0639. The molecule has 2 aliphatic heterocycles. The van der Waals surface area contributed by atoms with Gasteiger partial charge in [-0.25, -0.2) is 0 Å². The Morgan fingerprint density at radius 2 is 1.74 bits per heavy atom. The van der Waals surface area contributed by atoms with E-state index in [0.29, 0.717) is 49.1 Å². The highest BCUT2D eigenvalue weighted by Crippen LogP contribution is 2.19. The van der Waals surface area contributed by atoms with Crippen LogP contribution in [0.1, 0.15) is 32.1 Å². The number of aromatic nitrogens is 2. The summed E-state index contributed by atoms with van der Waals surface area (Å²) in [7, 11) is 0. The Morgan fingerprint density at radius 3 is 2.51 bits per heavy atom. The van der Waals surface area contributed by atoms with E-state index < -0.39 is 0 Å². The highest BCUT2D eigenvalue weighted by Gasteiger charge is 2.30. The zero-order valence-electron chi connectivity index (χ0n) is 19.5. The molecule has 1 saturated heterocycles. The molecule has 0 radical (unpaired) electrons. The number of benzene rings is 2. The van der Waals surface area contributed by atoms with E-state index >= 15 is 0 Å². The van der Waals surface area contributed by atoms with Gasteiger partial charge >= 0.3 is 0 Å². The van der Waals surface area contributed by atoms with Gasteiger partial charge in [0.05, 0.1) is 6.54 Å². The van der Waals surface area contributed by atoms with Crippen molar-refractivity contribution in [3.05, 3.63) is 94.3 Å². The smallest absolute Gasteiger partial charge is 0.274 e. The lowest BCUT2D eigenvalue weighted by atomic mass is 10.2. The molecule has 2 aromatic carbocycles. The molecule has 3 heterocycles. The summed E-state index contributed by atoms with van der Waals surface area (Å²) in [6, 6.07) is 19.4. The van der Waals surface area contributed by atoms with Gasteiger partial charge < -0.3 is 9.80 Å². The zero-order chi connectivity index (χ0) is 24.2. The van der Waals surface area contributed by atoms with Crippen LogP contribution in [0.25, 0.3) is 6.08 Å². The minimum Gasteiger partial charge on any atom is -0.335 e. The number of carbonyl (C=O) groups is 2. The Hall–Kier alpha value is -3.42.